The molecule has 1 aliphatic heterocycles. The summed E-state index contributed by atoms with van der Waals surface area (Å²) in [5.41, 5.74) is 5.66. The standard InChI is InChI=1S/C12H24N2O4/c1-3-17-11(7-13)9-14-4-5-18-10(8-14)6-12(15)16-2/h10-11H,3-9,13H2,1-2H3. The molecule has 2 N–H and O–H groups in total. The minimum absolute atomic E-state index is 0.0480. The van der Waals surface area contributed by atoms with Gasteiger partial charge in [0.15, 0.2) is 0 Å². The fraction of sp³-hybridized carbons (Fsp3) is 0.917. The molecule has 2 unspecified atom stereocenters. The molecule has 0 aromatic rings. The van der Waals surface area contributed by atoms with Gasteiger partial charge in [0.2, 0.25) is 0 Å². The van der Waals surface area contributed by atoms with Crippen molar-refractivity contribution in [1.29, 1.82) is 0 Å². The Morgan fingerprint density at radius 1 is 1.61 bits per heavy atom. The molecular formula is C12H24N2O4. The summed E-state index contributed by atoms with van der Waals surface area (Å²) in [5, 5.41) is 0. The van der Waals surface area contributed by atoms with Crippen molar-refractivity contribution in [3.63, 3.8) is 0 Å². The van der Waals surface area contributed by atoms with Gasteiger partial charge >= 0.3 is 5.97 Å². The van der Waals surface area contributed by atoms with Crippen LogP contribution in [0.3, 0.4) is 0 Å². The Labute approximate surface area is 108 Å². The molecule has 0 spiro atoms. The summed E-state index contributed by atoms with van der Waals surface area (Å²) < 4.78 is 15.7. The minimum Gasteiger partial charge on any atom is -0.469 e. The Kier molecular flexibility index (Phi) is 7.19. The summed E-state index contributed by atoms with van der Waals surface area (Å²) in [6.07, 6.45) is 0.257. The maximum absolute atomic E-state index is 11.2. The molecule has 1 fully saturated rings. The zero-order chi connectivity index (χ0) is 13.4. The topological polar surface area (TPSA) is 74.0 Å². The van der Waals surface area contributed by atoms with Crippen LogP contribution in [0.1, 0.15) is 13.3 Å². The number of esters is 1. The summed E-state index contributed by atoms with van der Waals surface area (Å²) in [4.78, 5) is 13.4. The summed E-state index contributed by atoms with van der Waals surface area (Å²) >= 11 is 0. The van der Waals surface area contributed by atoms with E-state index in [4.69, 9.17) is 15.2 Å². The Morgan fingerprint density at radius 3 is 3.00 bits per heavy atom. The van der Waals surface area contributed by atoms with E-state index in [1.807, 2.05) is 6.92 Å². The van der Waals surface area contributed by atoms with E-state index in [1.165, 1.54) is 7.11 Å². The highest BCUT2D eigenvalue weighted by Crippen LogP contribution is 2.10. The van der Waals surface area contributed by atoms with Crippen LogP contribution in [0.15, 0.2) is 0 Å². The Balaban J connectivity index is 2.35. The molecule has 0 bridgehead atoms. The quantitative estimate of drug-likeness (QED) is 0.629. The number of rotatable bonds is 7. The predicted molar refractivity (Wildman–Crippen MR) is 67.3 cm³/mol. The first-order chi connectivity index (χ1) is 8.69. The van der Waals surface area contributed by atoms with Crippen LogP contribution in [0.5, 0.6) is 0 Å². The molecule has 0 saturated carbocycles. The first-order valence-electron chi connectivity index (χ1n) is 6.42. The average Bonchev–Trinajstić information content (AvgIpc) is 2.38. The van der Waals surface area contributed by atoms with Gasteiger partial charge in [-0.25, -0.2) is 0 Å². The average molecular weight is 260 g/mol. The molecule has 1 heterocycles. The van der Waals surface area contributed by atoms with Crippen molar-refractivity contribution in [3.8, 4) is 0 Å². The van der Waals surface area contributed by atoms with Crippen LogP contribution in [0.2, 0.25) is 0 Å². The van der Waals surface area contributed by atoms with Crippen LogP contribution in [0, 0.1) is 0 Å². The van der Waals surface area contributed by atoms with Crippen molar-refractivity contribution in [2.24, 2.45) is 5.73 Å². The molecule has 6 nitrogen and oxygen atoms in total. The van der Waals surface area contributed by atoms with Gasteiger partial charge < -0.3 is 19.9 Å². The number of methoxy groups -OCH3 is 1. The number of carbonyl (C=O) groups is 1. The van der Waals surface area contributed by atoms with Crippen molar-refractivity contribution < 1.29 is 19.0 Å². The van der Waals surface area contributed by atoms with Crippen molar-refractivity contribution >= 4 is 5.97 Å². The summed E-state index contributed by atoms with van der Waals surface area (Å²) in [5.74, 6) is -0.234. The second-order valence-corrected chi connectivity index (χ2v) is 4.35. The van der Waals surface area contributed by atoms with Gasteiger partial charge in [0.05, 0.1) is 32.3 Å². The number of morpholine rings is 1. The van der Waals surface area contributed by atoms with Gasteiger partial charge in [-0.05, 0) is 6.92 Å². The largest absolute Gasteiger partial charge is 0.469 e. The molecule has 0 aliphatic carbocycles. The van der Waals surface area contributed by atoms with Gasteiger partial charge in [-0.1, -0.05) is 0 Å². The molecule has 6 heteroatoms. The predicted octanol–water partition coefficient (Wildman–Crippen LogP) is -0.386. The first-order valence-corrected chi connectivity index (χ1v) is 6.42. The molecule has 2 atom stereocenters. The van der Waals surface area contributed by atoms with Crippen molar-refractivity contribution in [2.45, 2.75) is 25.6 Å². The first kappa shape index (κ1) is 15.4. The summed E-state index contributed by atoms with van der Waals surface area (Å²) in [6.45, 7) is 6.11. The van der Waals surface area contributed by atoms with Gasteiger partial charge in [-0.3, -0.25) is 9.69 Å². The van der Waals surface area contributed by atoms with Crippen LogP contribution in [-0.4, -0.2) is 69.6 Å². The van der Waals surface area contributed by atoms with E-state index >= 15 is 0 Å². The van der Waals surface area contributed by atoms with E-state index in [0.717, 1.165) is 19.6 Å². The molecule has 1 aliphatic rings. The molecule has 1 rings (SSSR count). The molecule has 0 aromatic carbocycles. The van der Waals surface area contributed by atoms with E-state index < -0.39 is 0 Å². The van der Waals surface area contributed by atoms with E-state index in [1.54, 1.807) is 0 Å². The third kappa shape index (κ3) is 5.30. The summed E-state index contributed by atoms with van der Waals surface area (Å²) in [6, 6.07) is 0. The van der Waals surface area contributed by atoms with Crippen LogP contribution in [0.25, 0.3) is 0 Å². The maximum Gasteiger partial charge on any atom is 0.308 e. The second-order valence-electron chi connectivity index (χ2n) is 4.35. The zero-order valence-corrected chi connectivity index (χ0v) is 11.3. The van der Waals surface area contributed by atoms with Crippen molar-refractivity contribution in [3.05, 3.63) is 0 Å². The van der Waals surface area contributed by atoms with Gasteiger partial charge in [0.25, 0.3) is 0 Å². The lowest BCUT2D eigenvalue weighted by Crippen LogP contribution is -2.48. The number of ether oxygens (including phenoxy) is 3. The minimum atomic E-state index is -0.234. The fourth-order valence-corrected chi connectivity index (χ4v) is 2.06. The summed E-state index contributed by atoms with van der Waals surface area (Å²) in [7, 11) is 1.39. The number of carbonyl (C=O) groups excluding carboxylic acids is 1. The molecular weight excluding hydrogens is 236 g/mol. The third-order valence-corrected chi connectivity index (χ3v) is 2.97. The Morgan fingerprint density at radius 2 is 2.39 bits per heavy atom. The Bertz CT molecular complexity index is 250. The van der Waals surface area contributed by atoms with Gasteiger partial charge in [0.1, 0.15) is 0 Å². The molecule has 0 aromatic heterocycles. The van der Waals surface area contributed by atoms with Crippen LogP contribution < -0.4 is 5.73 Å². The van der Waals surface area contributed by atoms with Gasteiger partial charge in [0, 0.05) is 32.8 Å². The second kappa shape index (κ2) is 8.42. The van der Waals surface area contributed by atoms with E-state index in [-0.39, 0.29) is 18.2 Å². The number of nitrogens with two attached hydrogens (primary N) is 1. The highest BCUT2D eigenvalue weighted by Gasteiger charge is 2.24. The maximum atomic E-state index is 11.2. The molecule has 18 heavy (non-hydrogen) atoms. The number of hydrogen-bond donors (Lipinski definition) is 1. The van der Waals surface area contributed by atoms with Gasteiger partial charge in [-0.2, -0.15) is 0 Å². The monoisotopic (exact) mass is 260 g/mol. The lowest BCUT2D eigenvalue weighted by Gasteiger charge is -2.34. The lowest BCUT2D eigenvalue weighted by atomic mass is 10.2. The van der Waals surface area contributed by atoms with Crippen LogP contribution in [0.4, 0.5) is 0 Å². The van der Waals surface area contributed by atoms with Crippen LogP contribution in [-0.2, 0) is 19.0 Å². The Hall–Kier alpha value is -0.690. The number of hydrogen-bond acceptors (Lipinski definition) is 6. The molecule has 0 radical (unpaired) electrons. The smallest absolute Gasteiger partial charge is 0.308 e. The highest BCUT2D eigenvalue weighted by atomic mass is 16.5. The van der Waals surface area contributed by atoms with E-state index in [2.05, 4.69) is 9.64 Å². The SMILES string of the molecule is CCOC(CN)CN1CCOC(CC(=O)OC)C1. The van der Waals surface area contributed by atoms with Crippen molar-refractivity contribution in [1.82, 2.24) is 4.90 Å². The normalized spacial score (nSPS) is 22.7. The van der Waals surface area contributed by atoms with Gasteiger partial charge in [-0.15, -0.1) is 0 Å². The molecule has 1 saturated heterocycles. The fourth-order valence-electron chi connectivity index (χ4n) is 2.06. The van der Waals surface area contributed by atoms with E-state index in [9.17, 15) is 4.79 Å². The third-order valence-electron chi connectivity index (χ3n) is 2.97. The highest BCUT2D eigenvalue weighted by molar-refractivity contribution is 5.69. The molecule has 106 valence electrons. The van der Waals surface area contributed by atoms with E-state index in [0.29, 0.717) is 26.2 Å². The van der Waals surface area contributed by atoms with Crippen LogP contribution >= 0.6 is 0 Å². The van der Waals surface area contributed by atoms with Crippen molar-refractivity contribution in [2.75, 3.05) is 46.5 Å². The molecule has 0 amide bonds. The lowest BCUT2D eigenvalue weighted by molar-refractivity contribution is -0.146. The zero-order valence-electron chi connectivity index (χ0n) is 11.3. The number of nitrogens with zero attached hydrogens (tertiary/aromatic N) is 1.